The van der Waals surface area contributed by atoms with E-state index in [4.69, 9.17) is 0 Å². The Kier molecular flexibility index (Phi) is 6.23. The van der Waals surface area contributed by atoms with Gasteiger partial charge in [-0.1, -0.05) is 44.2 Å². The molecule has 0 heterocycles. The highest BCUT2D eigenvalue weighted by Gasteiger charge is 2.50. The molecule has 3 nitrogen and oxygen atoms in total. The van der Waals surface area contributed by atoms with Gasteiger partial charge in [0.15, 0.2) is 5.78 Å². The van der Waals surface area contributed by atoms with Gasteiger partial charge >= 0.3 is 0 Å². The van der Waals surface area contributed by atoms with E-state index in [0.717, 1.165) is 30.4 Å². The Bertz CT molecular complexity index is 784. The summed E-state index contributed by atoms with van der Waals surface area (Å²) < 4.78 is 0. The smallest absolute Gasteiger partial charge is 0.158 e. The number of rotatable bonds is 5. The highest BCUT2D eigenvalue weighted by Crippen LogP contribution is 2.59. The Morgan fingerprint density at radius 2 is 1.97 bits per heavy atom. The summed E-state index contributed by atoms with van der Waals surface area (Å²) in [6.45, 7) is 8.81. The normalized spacial score (nSPS) is 40.9. The Morgan fingerprint density at radius 1 is 1.20 bits per heavy atom. The molecule has 0 amide bonds. The first-order valence-corrected chi connectivity index (χ1v) is 12.0. The third-order valence-corrected chi connectivity index (χ3v) is 8.48. The number of ketones is 1. The zero-order valence-electron chi connectivity index (χ0n) is 18.6. The minimum atomic E-state index is -0.628. The monoisotopic (exact) mass is 410 g/mol. The molecule has 0 radical (unpaired) electrons. The lowest BCUT2D eigenvalue weighted by Gasteiger charge is -2.44. The molecule has 3 heteroatoms. The number of fused-ring (bicyclic) bond motifs is 1. The average molecular weight is 411 g/mol. The van der Waals surface area contributed by atoms with Crippen LogP contribution in [0.5, 0.6) is 0 Å². The van der Waals surface area contributed by atoms with E-state index in [1.807, 2.05) is 6.08 Å². The van der Waals surface area contributed by atoms with Crippen LogP contribution in [0, 0.1) is 29.1 Å². The minimum absolute atomic E-state index is 0.289. The molecule has 4 rings (SSSR count). The molecule has 30 heavy (non-hydrogen) atoms. The van der Waals surface area contributed by atoms with E-state index in [1.165, 1.54) is 31.3 Å². The van der Waals surface area contributed by atoms with Crippen LogP contribution in [0.1, 0.15) is 71.6 Å². The van der Waals surface area contributed by atoms with Crippen LogP contribution in [0.3, 0.4) is 0 Å². The zero-order chi connectivity index (χ0) is 21.5. The van der Waals surface area contributed by atoms with E-state index in [9.17, 15) is 15.0 Å². The van der Waals surface area contributed by atoms with Crippen molar-refractivity contribution in [3.63, 3.8) is 0 Å². The maximum Gasteiger partial charge on any atom is 0.158 e. The largest absolute Gasteiger partial charge is 0.393 e. The minimum Gasteiger partial charge on any atom is -0.393 e. The molecule has 4 fully saturated rings. The third-order valence-electron chi connectivity index (χ3n) is 8.48. The topological polar surface area (TPSA) is 57.5 Å². The number of carbonyl (C=O) groups excluding carboxylic acids is 1. The van der Waals surface area contributed by atoms with Gasteiger partial charge in [0.2, 0.25) is 0 Å². The van der Waals surface area contributed by atoms with Gasteiger partial charge in [-0.2, -0.15) is 0 Å². The molecule has 0 aromatic heterocycles. The van der Waals surface area contributed by atoms with E-state index < -0.39 is 12.2 Å². The van der Waals surface area contributed by atoms with E-state index in [0.29, 0.717) is 42.3 Å². The van der Waals surface area contributed by atoms with Gasteiger partial charge in [-0.3, -0.25) is 4.79 Å². The number of hydrogen-bond donors (Lipinski definition) is 2. The van der Waals surface area contributed by atoms with Crippen molar-refractivity contribution in [2.24, 2.45) is 29.1 Å². The predicted octanol–water partition coefficient (Wildman–Crippen LogP) is 5.30. The van der Waals surface area contributed by atoms with E-state index in [2.05, 4.69) is 38.7 Å². The Morgan fingerprint density at radius 3 is 2.70 bits per heavy atom. The van der Waals surface area contributed by atoms with Crippen LogP contribution in [-0.2, 0) is 4.79 Å². The lowest BCUT2D eigenvalue weighted by molar-refractivity contribution is -0.115. The summed E-state index contributed by atoms with van der Waals surface area (Å²) >= 11 is 0. The molecule has 6 unspecified atom stereocenters. The highest BCUT2D eigenvalue weighted by atomic mass is 16.3. The van der Waals surface area contributed by atoms with E-state index in [1.54, 1.807) is 0 Å². The fraction of sp³-hybridized carbons (Fsp3) is 0.667. The number of hydrogen-bond acceptors (Lipinski definition) is 3. The first-order valence-electron chi connectivity index (χ1n) is 12.0. The summed E-state index contributed by atoms with van der Waals surface area (Å²) in [5.41, 5.74) is 3.56. The van der Waals surface area contributed by atoms with Gasteiger partial charge < -0.3 is 10.2 Å². The molecule has 6 atom stereocenters. The van der Waals surface area contributed by atoms with Gasteiger partial charge in [-0.25, -0.2) is 0 Å². The lowest BCUT2D eigenvalue weighted by Crippen LogP contribution is -2.35. The molecule has 4 saturated carbocycles. The van der Waals surface area contributed by atoms with Crippen molar-refractivity contribution in [1.29, 1.82) is 0 Å². The Labute approximate surface area is 181 Å². The highest BCUT2D eigenvalue weighted by molar-refractivity contribution is 5.93. The van der Waals surface area contributed by atoms with Crippen LogP contribution in [0.25, 0.3) is 0 Å². The third kappa shape index (κ3) is 4.29. The molecule has 0 aromatic rings. The number of aliphatic hydroxyl groups is 2. The molecular weight excluding hydrogens is 372 g/mol. The predicted molar refractivity (Wildman–Crippen MR) is 121 cm³/mol. The molecule has 4 aliphatic rings. The summed E-state index contributed by atoms with van der Waals surface area (Å²) in [6, 6.07) is 0. The molecule has 4 aliphatic carbocycles. The second-order valence-electron chi connectivity index (χ2n) is 10.6. The summed E-state index contributed by atoms with van der Waals surface area (Å²) in [4.78, 5) is 12.1. The Balaban J connectivity index is 1.49. The van der Waals surface area contributed by atoms with Crippen molar-refractivity contribution in [2.45, 2.75) is 83.8 Å². The van der Waals surface area contributed by atoms with Gasteiger partial charge in [-0.05, 0) is 91.8 Å². The van der Waals surface area contributed by atoms with Crippen molar-refractivity contribution < 1.29 is 15.0 Å². The lowest BCUT2D eigenvalue weighted by atomic mass is 9.61. The molecule has 0 aromatic carbocycles. The molecule has 2 N–H and O–H groups in total. The average Bonchev–Trinajstić information content (AvgIpc) is 3.49. The number of allylic oxidation sites excluding steroid dienone is 5. The first kappa shape index (κ1) is 21.8. The molecule has 0 saturated heterocycles. The van der Waals surface area contributed by atoms with E-state index in [-0.39, 0.29) is 5.41 Å². The van der Waals surface area contributed by atoms with Crippen LogP contribution in [-0.4, -0.2) is 28.2 Å². The van der Waals surface area contributed by atoms with Crippen LogP contribution >= 0.6 is 0 Å². The second kappa shape index (κ2) is 8.59. The second-order valence-corrected chi connectivity index (χ2v) is 10.6. The quantitative estimate of drug-likeness (QED) is 0.605. The molecule has 164 valence electrons. The van der Waals surface area contributed by atoms with Crippen LogP contribution in [0.2, 0.25) is 0 Å². The van der Waals surface area contributed by atoms with Crippen molar-refractivity contribution in [3.8, 4) is 0 Å². The zero-order valence-corrected chi connectivity index (χ0v) is 18.6. The van der Waals surface area contributed by atoms with Crippen LogP contribution in [0.4, 0.5) is 0 Å². The fourth-order valence-electron chi connectivity index (χ4n) is 6.49. The molecule has 0 spiro atoms. The van der Waals surface area contributed by atoms with Crippen LogP contribution in [0.15, 0.2) is 47.6 Å². The molecular formula is C27H38O3. The van der Waals surface area contributed by atoms with Crippen molar-refractivity contribution in [1.82, 2.24) is 0 Å². The number of carbonyl (C=O) groups is 1. The standard InChI is InChI=1S/C27H38O3/c1-17(6-13-25(29)20-8-9-20)23-11-12-24-19(5-4-14-27(23,24)3)7-10-21-15-22(28)16-26(30)18(21)2/h6-7,10,13,17,20,22-24,26,28,30H,2,4-5,8-9,11-12,14-16H2,1,3H3. The summed E-state index contributed by atoms with van der Waals surface area (Å²) in [5, 5.41) is 20.1. The fourth-order valence-corrected chi connectivity index (χ4v) is 6.49. The number of aliphatic hydroxyl groups excluding tert-OH is 2. The van der Waals surface area contributed by atoms with Crippen LogP contribution < -0.4 is 0 Å². The summed E-state index contributed by atoms with van der Waals surface area (Å²) in [6.07, 6.45) is 16.5. The van der Waals surface area contributed by atoms with Crippen molar-refractivity contribution >= 4 is 5.78 Å². The summed E-state index contributed by atoms with van der Waals surface area (Å²) in [5.74, 6) is 2.28. The SMILES string of the molecule is C=C1C(=CC=C2CCCC3(C)C2CCC3C(C)C=CC(=O)C2CC2)CC(O)CC1O. The molecule has 0 bridgehead atoms. The van der Waals surface area contributed by atoms with Crippen molar-refractivity contribution in [3.05, 3.63) is 47.6 Å². The summed E-state index contributed by atoms with van der Waals surface area (Å²) in [7, 11) is 0. The van der Waals surface area contributed by atoms with Gasteiger partial charge in [-0.15, -0.1) is 0 Å². The first-order chi connectivity index (χ1) is 14.3. The van der Waals surface area contributed by atoms with Gasteiger partial charge in [0.25, 0.3) is 0 Å². The van der Waals surface area contributed by atoms with Gasteiger partial charge in [0, 0.05) is 12.3 Å². The van der Waals surface area contributed by atoms with E-state index >= 15 is 0 Å². The Hall–Kier alpha value is -1.45. The maximum absolute atomic E-state index is 12.1. The van der Waals surface area contributed by atoms with Crippen molar-refractivity contribution in [2.75, 3.05) is 0 Å². The van der Waals surface area contributed by atoms with Gasteiger partial charge in [0.1, 0.15) is 0 Å². The van der Waals surface area contributed by atoms with Gasteiger partial charge in [0.05, 0.1) is 12.2 Å². The maximum atomic E-state index is 12.1. The molecule has 0 aliphatic heterocycles.